The van der Waals surface area contributed by atoms with Crippen molar-refractivity contribution >= 4 is 17.8 Å². The minimum atomic E-state index is -0.819. The molecule has 1 saturated heterocycles. The predicted molar refractivity (Wildman–Crippen MR) is 102 cm³/mol. The maximum Gasteiger partial charge on any atom is 0.344 e. The first-order valence-electron chi connectivity index (χ1n) is 9.76. The van der Waals surface area contributed by atoms with Crippen molar-refractivity contribution in [2.24, 2.45) is 0 Å². The van der Waals surface area contributed by atoms with Crippen molar-refractivity contribution in [3.8, 4) is 0 Å². The van der Waals surface area contributed by atoms with E-state index in [-0.39, 0.29) is 18.4 Å². The van der Waals surface area contributed by atoms with Crippen molar-refractivity contribution in [3.05, 3.63) is 35.9 Å². The third-order valence-corrected chi connectivity index (χ3v) is 5.48. The van der Waals surface area contributed by atoms with Gasteiger partial charge in [-0.1, -0.05) is 56.5 Å². The Bertz CT molecular complexity index is 686. The number of carbonyl (C=O) groups is 3. The van der Waals surface area contributed by atoms with Crippen molar-refractivity contribution in [3.63, 3.8) is 0 Å². The first kappa shape index (κ1) is 19.4. The maximum atomic E-state index is 12.7. The van der Waals surface area contributed by atoms with Gasteiger partial charge >= 0.3 is 6.03 Å². The average molecular weight is 372 g/mol. The molecule has 7 heteroatoms. The lowest BCUT2D eigenvalue weighted by atomic mass is 9.82. The van der Waals surface area contributed by atoms with Crippen LogP contribution in [0.2, 0.25) is 0 Å². The molecule has 2 fully saturated rings. The summed E-state index contributed by atoms with van der Waals surface area (Å²) in [7, 11) is 0. The van der Waals surface area contributed by atoms with Crippen LogP contribution in [-0.2, 0) is 16.0 Å². The highest BCUT2D eigenvalue weighted by molar-refractivity contribution is 6.08. The number of likely N-dealkylation sites (N-methyl/N-ethyl adjacent to an activating group) is 1. The van der Waals surface area contributed by atoms with Gasteiger partial charge in [-0.2, -0.15) is 5.01 Å². The summed E-state index contributed by atoms with van der Waals surface area (Å²) < 4.78 is 0. The Balaban J connectivity index is 1.53. The molecule has 2 aliphatic rings. The summed E-state index contributed by atoms with van der Waals surface area (Å²) in [5.41, 5.74) is 2.90. The molecular formula is C20H28N4O3. The van der Waals surface area contributed by atoms with Gasteiger partial charge in [-0.25, -0.2) is 4.79 Å². The lowest BCUT2D eigenvalue weighted by molar-refractivity contribution is -0.140. The fourth-order valence-corrected chi connectivity index (χ4v) is 3.86. The number of imide groups is 1. The Kier molecular flexibility index (Phi) is 6.11. The van der Waals surface area contributed by atoms with Crippen LogP contribution in [-0.4, -0.2) is 52.9 Å². The summed E-state index contributed by atoms with van der Waals surface area (Å²) in [6, 6.07) is 9.57. The molecule has 1 aromatic rings. The quantitative estimate of drug-likeness (QED) is 0.716. The van der Waals surface area contributed by atoms with Crippen LogP contribution < -0.4 is 10.7 Å². The maximum absolute atomic E-state index is 12.7. The monoisotopic (exact) mass is 372 g/mol. The van der Waals surface area contributed by atoms with Crippen molar-refractivity contribution in [2.45, 2.75) is 51.0 Å². The van der Waals surface area contributed by atoms with Crippen molar-refractivity contribution in [1.82, 2.24) is 20.7 Å². The number of nitrogens with one attached hydrogen (secondary N) is 2. The molecule has 4 amide bonds. The highest BCUT2D eigenvalue weighted by atomic mass is 16.2. The van der Waals surface area contributed by atoms with Crippen LogP contribution in [0.1, 0.15) is 44.6 Å². The second-order valence-corrected chi connectivity index (χ2v) is 7.35. The van der Waals surface area contributed by atoms with Gasteiger partial charge in [0.25, 0.3) is 11.8 Å². The molecule has 0 atom stereocenters. The van der Waals surface area contributed by atoms with Gasteiger partial charge in [0.1, 0.15) is 5.54 Å². The Morgan fingerprint density at radius 1 is 1.19 bits per heavy atom. The van der Waals surface area contributed by atoms with E-state index in [4.69, 9.17) is 0 Å². The molecule has 7 nitrogen and oxygen atoms in total. The van der Waals surface area contributed by atoms with Gasteiger partial charge in [0.15, 0.2) is 0 Å². The number of benzene rings is 1. The first-order chi connectivity index (χ1) is 13.0. The fraction of sp³-hybridized carbons (Fsp3) is 0.550. The molecule has 1 spiro atoms. The van der Waals surface area contributed by atoms with Crippen molar-refractivity contribution in [1.29, 1.82) is 0 Å². The zero-order valence-electron chi connectivity index (χ0n) is 15.9. The summed E-state index contributed by atoms with van der Waals surface area (Å²) >= 11 is 0. The molecule has 1 aromatic carbocycles. The second-order valence-electron chi connectivity index (χ2n) is 7.35. The van der Waals surface area contributed by atoms with E-state index in [2.05, 4.69) is 22.9 Å². The lowest BCUT2D eigenvalue weighted by Crippen LogP contribution is -2.52. The van der Waals surface area contributed by atoms with Gasteiger partial charge in [0.2, 0.25) is 0 Å². The van der Waals surface area contributed by atoms with Crippen LogP contribution in [0.3, 0.4) is 0 Å². The second kappa shape index (κ2) is 8.52. The van der Waals surface area contributed by atoms with E-state index in [1.54, 1.807) is 0 Å². The number of hydrogen-bond donors (Lipinski definition) is 2. The summed E-state index contributed by atoms with van der Waals surface area (Å²) in [5, 5.41) is 3.67. The van der Waals surface area contributed by atoms with Crippen LogP contribution in [0.4, 0.5) is 4.79 Å². The molecule has 3 rings (SSSR count). The minimum Gasteiger partial charge on any atom is -0.322 e. The highest BCUT2D eigenvalue weighted by Crippen LogP contribution is 2.32. The van der Waals surface area contributed by atoms with Gasteiger partial charge < -0.3 is 5.32 Å². The molecule has 0 aromatic heterocycles. The fourth-order valence-electron chi connectivity index (χ4n) is 3.86. The van der Waals surface area contributed by atoms with Crippen molar-refractivity contribution < 1.29 is 14.4 Å². The van der Waals surface area contributed by atoms with Crippen molar-refractivity contribution in [2.75, 3.05) is 19.6 Å². The molecule has 1 heterocycles. The Morgan fingerprint density at radius 2 is 1.89 bits per heavy atom. The topological polar surface area (TPSA) is 81.8 Å². The molecule has 1 saturated carbocycles. The van der Waals surface area contributed by atoms with E-state index >= 15 is 0 Å². The van der Waals surface area contributed by atoms with Gasteiger partial charge in [-0.15, -0.1) is 0 Å². The molecule has 0 radical (unpaired) electrons. The summed E-state index contributed by atoms with van der Waals surface area (Å²) in [5.74, 6) is -0.672. The van der Waals surface area contributed by atoms with E-state index in [0.29, 0.717) is 19.4 Å². The van der Waals surface area contributed by atoms with Crippen LogP contribution in [0.15, 0.2) is 30.3 Å². The van der Waals surface area contributed by atoms with Gasteiger partial charge in [0, 0.05) is 6.54 Å². The molecule has 1 aliphatic carbocycles. The number of amides is 4. The van der Waals surface area contributed by atoms with E-state index in [0.717, 1.165) is 37.2 Å². The largest absolute Gasteiger partial charge is 0.344 e. The number of nitrogens with zero attached hydrogens (tertiary/aromatic N) is 2. The van der Waals surface area contributed by atoms with Crippen LogP contribution in [0, 0.1) is 0 Å². The van der Waals surface area contributed by atoms with Crippen LogP contribution in [0.5, 0.6) is 0 Å². The third-order valence-electron chi connectivity index (χ3n) is 5.48. The normalized spacial score (nSPS) is 18.8. The standard InChI is InChI=1S/C20H28N4O3/c1-2-23(14-11-16-9-5-3-6-10-16)15-17(25)22-24-18(26)20(21-19(24)27)12-7-4-8-13-20/h3,5-6,9-10H,2,4,7-8,11-15H2,1H3,(H,21,27)(H,22,25). The zero-order valence-corrected chi connectivity index (χ0v) is 15.9. The van der Waals surface area contributed by atoms with Gasteiger partial charge in [-0.3, -0.25) is 19.9 Å². The number of urea groups is 1. The molecule has 1 aliphatic heterocycles. The SMILES string of the molecule is CCN(CCc1ccccc1)CC(=O)NN1C(=O)NC2(CCCCC2)C1=O. The molecule has 27 heavy (non-hydrogen) atoms. The summed E-state index contributed by atoms with van der Waals surface area (Å²) in [4.78, 5) is 39.3. The van der Waals surface area contributed by atoms with E-state index < -0.39 is 11.6 Å². The Hall–Kier alpha value is -2.41. The average Bonchev–Trinajstić information content (AvgIpc) is 2.90. The number of hydrogen-bond acceptors (Lipinski definition) is 4. The minimum absolute atomic E-state index is 0.146. The van der Waals surface area contributed by atoms with Gasteiger partial charge in [0.05, 0.1) is 6.54 Å². The molecule has 0 unspecified atom stereocenters. The van der Waals surface area contributed by atoms with Crippen LogP contribution >= 0.6 is 0 Å². The van der Waals surface area contributed by atoms with E-state index in [1.807, 2.05) is 30.0 Å². The molecule has 0 bridgehead atoms. The third kappa shape index (κ3) is 4.47. The number of rotatable bonds is 7. The van der Waals surface area contributed by atoms with Crippen LogP contribution in [0.25, 0.3) is 0 Å². The summed E-state index contributed by atoms with van der Waals surface area (Å²) in [6.07, 6.45) is 5.02. The van der Waals surface area contributed by atoms with E-state index in [1.165, 1.54) is 5.56 Å². The first-order valence-corrected chi connectivity index (χ1v) is 9.76. The number of hydrazine groups is 1. The molecule has 146 valence electrons. The lowest BCUT2D eigenvalue weighted by Gasteiger charge is -2.30. The Morgan fingerprint density at radius 3 is 2.56 bits per heavy atom. The number of carbonyl (C=O) groups excluding carboxylic acids is 3. The predicted octanol–water partition coefficient (Wildman–Crippen LogP) is 1.84. The Labute approximate surface area is 160 Å². The van der Waals surface area contributed by atoms with E-state index in [9.17, 15) is 14.4 Å². The summed E-state index contributed by atoms with van der Waals surface area (Å²) in [6.45, 7) is 3.58. The molecular weight excluding hydrogens is 344 g/mol. The molecule has 2 N–H and O–H groups in total. The van der Waals surface area contributed by atoms with Gasteiger partial charge in [-0.05, 0) is 31.4 Å². The highest BCUT2D eigenvalue weighted by Gasteiger charge is 2.52. The smallest absolute Gasteiger partial charge is 0.322 e. The zero-order chi connectivity index (χ0) is 19.3.